The summed E-state index contributed by atoms with van der Waals surface area (Å²) in [4.78, 5) is 4.56. The fourth-order valence-electron chi connectivity index (χ4n) is 2.15. The molecule has 3 nitrogen and oxygen atoms in total. The monoisotopic (exact) mass is 318 g/mol. The van der Waals surface area contributed by atoms with Crippen molar-refractivity contribution in [1.29, 1.82) is 0 Å². The van der Waals surface area contributed by atoms with E-state index in [1.807, 2.05) is 24.3 Å². The highest BCUT2D eigenvalue weighted by Gasteiger charge is 2.21. The molecule has 0 fully saturated rings. The van der Waals surface area contributed by atoms with Gasteiger partial charge in [0.15, 0.2) is 5.17 Å². The maximum atomic E-state index is 6.13. The number of benzene rings is 2. The summed E-state index contributed by atoms with van der Waals surface area (Å²) in [7, 11) is 1.61. The van der Waals surface area contributed by atoms with Crippen LogP contribution in [0.5, 0.6) is 5.75 Å². The average Bonchev–Trinajstić information content (AvgIpc) is 2.97. The number of hydrogen-bond donors (Lipinski definition) is 1. The zero-order valence-electron chi connectivity index (χ0n) is 11.5. The van der Waals surface area contributed by atoms with Gasteiger partial charge >= 0.3 is 0 Å². The van der Waals surface area contributed by atoms with Crippen LogP contribution in [0, 0.1) is 0 Å². The summed E-state index contributed by atoms with van der Waals surface area (Å²) in [6.45, 7) is 0.793. The highest BCUT2D eigenvalue weighted by Crippen LogP contribution is 2.36. The smallest absolute Gasteiger partial charge is 0.161 e. The van der Waals surface area contributed by atoms with E-state index in [0.29, 0.717) is 16.0 Å². The summed E-state index contributed by atoms with van der Waals surface area (Å²) in [6.07, 6.45) is 0. The molecule has 1 aliphatic heterocycles. The SMILES string of the molecule is COc1ccc(NC2=NCC(c3ccccc3)S2)cc1Cl. The van der Waals surface area contributed by atoms with E-state index >= 15 is 0 Å². The first kappa shape index (κ1) is 14.3. The van der Waals surface area contributed by atoms with Crippen molar-refractivity contribution in [2.75, 3.05) is 19.0 Å². The molecule has 0 bridgehead atoms. The Morgan fingerprint density at radius 3 is 2.76 bits per heavy atom. The molecule has 0 amide bonds. The second-order valence-electron chi connectivity index (χ2n) is 4.64. The van der Waals surface area contributed by atoms with Crippen LogP contribution in [0.2, 0.25) is 5.02 Å². The van der Waals surface area contributed by atoms with Crippen LogP contribution in [0.1, 0.15) is 10.8 Å². The molecule has 0 radical (unpaired) electrons. The van der Waals surface area contributed by atoms with E-state index in [9.17, 15) is 0 Å². The van der Waals surface area contributed by atoms with Crippen molar-refractivity contribution in [3.63, 3.8) is 0 Å². The van der Waals surface area contributed by atoms with Crippen molar-refractivity contribution in [2.45, 2.75) is 5.25 Å². The van der Waals surface area contributed by atoms with Crippen LogP contribution in [0.4, 0.5) is 5.69 Å². The van der Waals surface area contributed by atoms with Crippen molar-refractivity contribution in [2.24, 2.45) is 4.99 Å². The van der Waals surface area contributed by atoms with Crippen LogP contribution < -0.4 is 10.1 Å². The molecule has 2 aromatic rings. The molecular weight excluding hydrogens is 304 g/mol. The third-order valence-electron chi connectivity index (χ3n) is 3.23. The van der Waals surface area contributed by atoms with Crippen molar-refractivity contribution >= 4 is 34.2 Å². The summed E-state index contributed by atoms with van der Waals surface area (Å²) in [5.41, 5.74) is 2.22. The fourth-order valence-corrected chi connectivity index (χ4v) is 3.45. The molecule has 1 aliphatic rings. The predicted molar refractivity (Wildman–Crippen MR) is 90.7 cm³/mol. The molecule has 1 unspecified atom stereocenters. The van der Waals surface area contributed by atoms with Gasteiger partial charge in [0.05, 0.1) is 23.9 Å². The number of hydrogen-bond acceptors (Lipinski definition) is 4. The minimum atomic E-state index is 0.377. The number of ether oxygens (including phenoxy) is 1. The minimum Gasteiger partial charge on any atom is -0.495 e. The number of amidine groups is 1. The van der Waals surface area contributed by atoms with Gasteiger partial charge in [0.25, 0.3) is 0 Å². The standard InChI is InChI=1S/C16H15ClN2OS/c1-20-14-8-7-12(9-13(14)17)19-16-18-10-15(21-16)11-5-3-2-4-6-11/h2-9,15H,10H2,1H3,(H,18,19). The minimum absolute atomic E-state index is 0.377. The van der Waals surface area contributed by atoms with Gasteiger partial charge in [-0.25, -0.2) is 0 Å². The lowest BCUT2D eigenvalue weighted by Gasteiger charge is -2.10. The normalized spacial score (nSPS) is 17.4. The topological polar surface area (TPSA) is 33.6 Å². The Hall–Kier alpha value is -1.65. The van der Waals surface area contributed by atoms with E-state index in [4.69, 9.17) is 16.3 Å². The van der Waals surface area contributed by atoms with E-state index in [-0.39, 0.29) is 0 Å². The summed E-state index contributed by atoms with van der Waals surface area (Å²) in [6, 6.07) is 16.1. The van der Waals surface area contributed by atoms with Crippen LogP contribution >= 0.6 is 23.4 Å². The predicted octanol–water partition coefficient (Wildman–Crippen LogP) is 4.60. The zero-order chi connectivity index (χ0) is 14.7. The average molecular weight is 319 g/mol. The molecule has 2 aromatic carbocycles. The summed E-state index contributed by atoms with van der Waals surface area (Å²) in [5, 5.41) is 5.19. The van der Waals surface area contributed by atoms with Gasteiger partial charge in [-0.1, -0.05) is 53.7 Å². The maximum Gasteiger partial charge on any atom is 0.161 e. The van der Waals surface area contributed by atoms with Gasteiger partial charge in [-0.2, -0.15) is 0 Å². The Morgan fingerprint density at radius 2 is 2.05 bits per heavy atom. The van der Waals surface area contributed by atoms with Crippen molar-refractivity contribution < 1.29 is 4.74 Å². The van der Waals surface area contributed by atoms with Gasteiger partial charge in [0.2, 0.25) is 0 Å². The van der Waals surface area contributed by atoms with E-state index in [1.54, 1.807) is 18.9 Å². The number of rotatable bonds is 3. The quantitative estimate of drug-likeness (QED) is 0.897. The van der Waals surface area contributed by atoms with Crippen molar-refractivity contribution in [3.8, 4) is 5.75 Å². The number of nitrogens with one attached hydrogen (secondary N) is 1. The molecule has 3 rings (SSSR count). The summed E-state index contributed by atoms with van der Waals surface area (Å²) >= 11 is 7.87. The molecule has 21 heavy (non-hydrogen) atoms. The van der Waals surface area contributed by atoms with Crippen LogP contribution in [0.3, 0.4) is 0 Å². The number of halogens is 1. The van der Waals surface area contributed by atoms with Gasteiger partial charge in [-0.15, -0.1) is 0 Å². The van der Waals surface area contributed by atoms with E-state index in [0.717, 1.165) is 17.4 Å². The van der Waals surface area contributed by atoms with Crippen LogP contribution in [0.25, 0.3) is 0 Å². The Bertz CT molecular complexity index is 661. The first-order valence-electron chi connectivity index (χ1n) is 6.63. The van der Waals surface area contributed by atoms with Gasteiger partial charge in [0.1, 0.15) is 5.75 Å². The number of aliphatic imine (C=N–C) groups is 1. The number of anilines is 1. The lowest BCUT2D eigenvalue weighted by Crippen LogP contribution is -2.05. The highest BCUT2D eigenvalue weighted by molar-refractivity contribution is 8.14. The van der Waals surface area contributed by atoms with Crippen LogP contribution in [-0.2, 0) is 0 Å². The van der Waals surface area contributed by atoms with Gasteiger partial charge < -0.3 is 10.1 Å². The first-order chi connectivity index (χ1) is 10.3. The molecule has 0 aliphatic carbocycles. The lowest BCUT2D eigenvalue weighted by atomic mass is 10.1. The van der Waals surface area contributed by atoms with Gasteiger partial charge in [-0.05, 0) is 23.8 Å². The van der Waals surface area contributed by atoms with E-state index < -0.39 is 0 Å². The molecular formula is C16H15ClN2OS. The molecule has 1 atom stereocenters. The van der Waals surface area contributed by atoms with E-state index in [1.165, 1.54) is 5.56 Å². The molecule has 1 N–H and O–H groups in total. The summed E-state index contributed by atoms with van der Waals surface area (Å²) in [5.74, 6) is 0.672. The largest absolute Gasteiger partial charge is 0.495 e. The van der Waals surface area contributed by atoms with Crippen LogP contribution in [-0.4, -0.2) is 18.8 Å². The Kier molecular flexibility index (Phi) is 4.36. The Balaban J connectivity index is 1.66. The second kappa shape index (κ2) is 6.41. The third-order valence-corrected chi connectivity index (χ3v) is 4.68. The number of nitrogens with zero attached hydrogens (tertiary/aromatic N) is 1. The molecule has 0 saturated heterocycles. The molecule has 0 spiro atoms. The third kappa shape index (κ3) is 3.34. The lowest BCUT2D eigenvalue weighted by molar-refractivity contribution is 0.415. The molecule has 5 heteroatoms. The molecule has 108 valence electrons. The van der Waals surface area contributed by atoms with Crippen molar-refractivity contribution in [3.05, 3.63) is 59.1 Å². The van der Waals surface area contributed by atoms with Gasteiger partial charge in [-0.3, -0.25) is 4.99 Å². The molecule has 1 heterocycles. The Morgan fingerprint density at radius 1 is 1.24 bits per heavy atom. The number of thioether (sulfide) groups is 1. The van der Waals surface area contributed by atoms with Gasteiger partial charge in [0, 0.05) is 5.69 Å². The summed E-state index contributed by atoms with van der Waals surface area (Å²) < 4.78 is 5.15. The fraction of sp³-hybridized carbons (Fsp3) is 0.188. The first-order valence-corrected chi connectivity index (χ1v) is 7.88. The Labute approximate surface area is 133 Å². The van der Waals surface area contributed by atoms with E-state index in [2.05, 4.69) is 34.6 Å². The van der Waals surface area contributed by atoms with Crippen molar-refractivity contribution in [1.82, 2.24) is 0 Å². The molecule has 0 saturated carbocycles. The number of methoxy groups -OCH3 is 1. The molecule has 0 aromatic heterocycles. The maximum absolute atomic E-state index is 6.13. The zero-order valence-corrected chi connectivity index (χ0v) is 13.1. The van der Waals surface area contributed by atoms with Crippen LogP contribution in [0.15, 0.2) is 53.5 Å². The second-order valence-corrected chi connectivity index (χ2v) is 6.24. The highest BCUT2D eigenvalue weighted by atomic mass is 35.5.